The summed E-state index contributed by atoms with van der Waals surface area (Å²) in [5.74, 6) is -3.08. The van der Waals surface area contributed by atoms with E-state index in [1.807, 2.05) is 66.7 Å². The van der Waals surface area contributed by atoms with Crippen molar-refractivity contribution >= 4 is 46.8 Å². The molecule has 394 valence electrons. The minimum atomic E-state index is -1.33. The molecule has 0 amide bonds. The number of carbonyl (C=O) groups excluding carboxylic acids is 4. The molecule has 0 bridgehead atoms. The Morgan fingerprint density at radius 3 is 1.69 bits per heavy atom. The van der Waals surface area contributed by atoms with Crippen LogP contribution in [0.4, 0.5) is 5.69 Å². The summed E-state index contributed by atoms with van der Waals surface area (Å²) in [6, 6.07) is 25.3. The zero-order valence-corrected chi connectivity index (χ0v) is 42.2. The molecule has 6 rings (SSSR count). The fourth-order valence-electron chi connectivity index (χ4n) is 8.72. The molecule has 0 aromatic heterocycles. The number of nitrogens with zero attached hydrogens (tertiary/aromatic N) is 1. The lowest BCUT2D eigenvalue weighted by Crippen LogP contribution is -2.62. The molecule has 3 aromatic rings. The van der Waals surface area contributed by atoms with Crippen molar-refractivity contribution in [2.24, 2.45) is 0 Å². The van der Waals surface area contributed by atoms with E-state index in [4.69, 9.17) is 69.1 Å². The summed E-state index contributed by atoms with van der Waals surface area (Å²) < 4.78 is 71.5. The Labute approximate surface area is 425 Å². The normalized spacial score (nSPS) is 26.4. The van der Waals surface area contributed by atoms with Gasteiger partial charge >= 0.3 is 23.9 Å². The predicted molar refractivity (Wildman–Crippen MR) is 263 cm³/mol. The molecule has 3 heterocycles. The number of hydrogen-bond donors (Lipinski definition) is 2. The largest absolute Gasteiger partial charge is 0.463 e. The Balaban J connectivity index is 1.27. The number of anilines is 1. The van der Waals surface area contributed by atoms with E-state index in [0.717, 1.165) is 30.5 Å². The Bertz CT molecular complexity index is 2150. The second-order valence-corrected chi connectivity index (χ2v) is 17.9. The molecule has 3 fully saturated rings. The van der Waals surface area contributed by atoms with Gasteiger partial charge in [-0.05, 0) is 28.8 Å². The number of esters is 4. The van der Waals surface area contributed by atoms with Crippen molar-refractivity contribution < 1.29 is 81.1 Å². The Morgan fingerprint density at radius 1 is 0.597 bits per heavy atom. The number of benzene rings is 3. The van der Waals surface area contributed by atoms with Crippen LogP contribution in [0.5, 0.6) is 0 Å². The van der Waals surface area contributed by atoms with Crippen LogP contribution in [0.25, 0.3) is 0 Å². The molecule has 9 atom stereocenters. The Hall–Kier alpha value is -4.97. The van der Waals surface area contributed by atoms with Crippen LogP contribution in [0, 0.1) is 0 Å². The van der Waals surface area contributed by atoms with Gasteiger partial charge in [0.2, 0.25) is 0 Å². The zero-order chi connectivity index (χ0) is 51.2. The Morgan fingerprint density at radius 2 is 1.14 bits per heavy atom. The van der Waals surface area contributed by atoms with Gasteiger partial charge in [0.05, 0.1) is 89.9 Å². The van der Waals surface area contributed by atoms with Crippen LogP contribution in [-0.2, 0) is 82.6 Å². The van der Waals surface area contributed by atoms with Crippen molar-refractivity contribution in [3.63, 3.8) is 0 Å². The monoisotopic (exact) mass is 1020 g/mol. The van der Waals surface area contributed by atoms with E-state index in [1.54, 1.807) is 0 Å². The lowest BCUT2D eigenvalue weighted by Gasteiger charge is -2.44. The maximum absolute atomic E-state index is 12.5. The van der Waals surface area contributed by atoms with Gasteiger partial charge in [0.25, 0.3) is 0 Å². The van der Waals surface area contributed by atoms with Gasteiger partial charge in [-0.2, -0.15) is 0 Å². The second-order valence-electron chi connectivity index (χ2n) is 17.4. The molecule has 3 saturated heterocycles. The third-order valence-electron chi connectivity index (χ3n) is 11.9. The van der Waals surface area contributed by atoms with E-state index in [1.165, 1.54) is 13.8 Å². The van der Waals surface area contributed by atoms with Gasteiger partial charge in [0.1, 0.15) is 18.8 Å². The fraction of sp³-hybridized carbons (Fsp3) is 0.558. The molecular weight excluding hydrogens is 957 g/mol. The first kappa shape index (κ1) is 56.3. The van der Waals surface area contributed by atoms with Gasteiger partial charge in [-0.3, -0.25) is 24.1 Å². The van der Waals surface area contributed by atoms with Crippen LogP contribution in [0.1, 0.15) is 74.7 Å². The highest BCUT2D eigenvalue weighted by Gasteiger charge is 2.52. The summed E-state index contributed by atoms with van der Waals surface area (Å²) in [6.07, 6.45) is -7.96. The number of thiocarbonyl (C=S) groups is 1. The van der Waals surface area contributed by atoms with E-state index >= 15 is 0 Å². The predicted octanol–water partition coefficient (Wildman–Crippen LogP) is 4.77. The van der Waals surface area contributed by atoms with Gasteiger partial charge in [0, 0.05) is 70.9 Å². The van der Waals surface area contributed by atoms with E-state index in [-0.39, 0.29) is 30.5 Å². The number of rotatable bonds is 14. The minimum Gasteiger partial charge on any atom is -0.463 e. The SMILES string of the molecule is CC(=O)OCC1OC(CC(=S)Nc2cccc(C3OC(CN4CCOCCOCCOCCOCCOCC4)C(c4ccccc4)C(c4ccc(CO)cc4)O3)c2)C(OC(C)=O)C(OC(C)=O)C1OC(C)=O. The van der Waals surface area contributed by atoms with Crippen LogP contribution < -0.4 is 5.32 Å². The Kier molecular flexibility index (Phi) is 23.2. The van der Waals surface area contributed by atoms with Crippen molar-refractivity contribution in [2.45, 2.75) is 95.7 Å². The first-order valence-electron chi connectivity index (χ1n) is 24.3. The number of aliphatic hydroxyl groups excluding tert-OH is 1. The highest BCUT2D eigenvalue weighted by Crippen LogP contribution is 2.47. The van der Waals surface area contributed by atoms with Crippen LogP contribution in [0.15, 0.2) is 78.9 Å². The summed E-state index contributed by atoms with van der Waals surface area (Å²) in [5, 5.41) is 13.2. The van der Waals surface area contributed by atoms with E-state index < -0.39 is 72.9 Å². The van der Waals surface area contributed by atoms with Gasteiger partial charge in [-0.15, -0.1) is 0 Å². The molecule has 72 heavy (non-hydrogen) atoms. The number of hydrogen-bond acceptors (Lipinski definition) is 19. The molecule has 0 aliphatic carbocycles. The molecular formula is C52H68N2O17S. The first-order chi connectivity index (χ1) is 34.9. The van der Waals surface area contributed by atoms with Crippen LogP contribution in [0.2, 0.25) is 0 Å². The molecule has 20 heteroatoms. The highest BCUT2D eigenvalue weighted by molar-refractivity contribution is 7.80. The topological polar surface area (TPSA) is 215 Å². The molecule has 2 N–H and O–H groups in total. The maximum Gasteiger partial charge on any atom is 0.303 e. The summed E-state index contributed by atoms with van der Waals surface area (Å²) in [4.78, 5) is 51.6. The van der Waals surface area contributed by atoms with E-state index in [9.17, 15) is 24.3 Å². The third kappa shape index (κ3) is 17.9. The molecule has 3 aromatic carbocycles. The maximum atomic E-state index is 12.5. The van der Waals surface area contributed by atoms with Crippen LogP contribution in [0.3, 0.4) is 0 Å². The van der Waals surface area contributed by atoms with E-state index in [2.05, 4.69) is 22.3 Å². The van der Waals surface area contributed by atoms with Crippen LogP contribution in [-0.4, -0.2) is 168 Å². The molecule has 9 unspecified atom stereocenters. The fourth-order valence-corrected chi connectivity index (χ4v) is 9.01. The minimum absolute atomic E-state index is 0.0694. The van der Waals surface area contributed by atoms with Gasteiger partial charge < -0.3 is 67.3 Å². The number of aliphatic hydroxyl groups is 1. The van der Waals surface area contributed by atoms with Crippen LogP contribution >= 0.6 is 12.2 Å². The van der Waals surface area contributed by atoms with Gasteiger partial charge in [-0.1, -0.05) is 78.9 Å². The van der Waals surface area contributed by atoms with Gasteiger partial charge in [0.15, 0.2) is 24.6 Å². The average molecular weight is 1030 g/mol. The smallest absolute Gasteiger partial charge is 0.303 e. The van der Waals surface area contributed by atoms with Gasteiger partial charge in [-0.25, -0.2) is 0 Å². The third-order valence-corrected chi connectivity index (χ3v) is 12.2. The summed E-state index contributed by atoms with van der Waals surface area (Å²) in [6.45, 7) is 10.4. The number of carbonyl (C=O) groups is 4. The number of nitrogens with one attached hydrogen (secondary N) is 1. The quantitative estimate of drug-likeness (QED) is 0.126. The standard InChI is InChI=1S/C52H68N2O17S/c1-34(56)65-33-45-50(67-36(3)58)51(68-37(4)59)49(66-35(2)57)43(69-45)30-46(72)53-42-12-8-11-41(29-42)52-70-44(31-54-17-19-60-21-23-62-25-27-64-28-26-63-24-22-61-20-18-54)47(39-9-6-5-7-10-39)48(71-52)40-15-13-38(32-55)14-16-40/h5-16,29,43-45,47-52,55H,17-28,30-33H2,1-4H3,(H,53,72). The molecule has 3 aliphatic heterocycles. The number of ether oxygens (including phenoxy) is 12. The zero-order valence-electron chi connectivity index (χ0n) is 41.4. The highest BCUT2D eigenvalue weighted by atomic mass is 32.1. The molecule has 0 spiro atoms. The summed E-state index contributed by atoms with van der Waals surface area (Å²) in [7, 11) is 0. The van der Waals surface area contributed by atoms with Crippen molar-refractivity contribution in [2.75, 3.05) is 97.6 Å². The first-order valence-corrected chi connectivity index (χ1v) is 24.7. The molecule has 19 nitrogen and oxygen atoms in total. The average Bonchev–Trinajstić information content (AvgIpc) is 3.35. The second kappa shape index (κ2) is 29.7. The molecule has 0 radical (unpaired) electrons. The molecule has 3 aliphatic rings. The summed E-state index contributed by atoms with van der Waals surface area (Å²) >= 11 is 5.89. The molecule has 0 saturated carbocycles. The van der Waals surface area contributed by atoms with Crippen molar-refractivity contribution in [1.29, 1.82) is 0 Å². The lowest BCUT2D eigenvalue weighted by molar-refractivity contribution is -0.263. The lowest BCUT2D eigenvalue weighted by atomic mass is 9.83. The van der Waals surface area contributed by atoms with Crippen molar-refractivity contribution in [3.8, 4) is 0 Å². The summed E-state index contributed by atoms with van der Waals surface area (Å²) in [5.41, 5.74) is 3.94. The van der Waals surface area contributed by atoms with Crippen molar-refractivity contribution in [1.82, 2.24) is 4.90 Å². The van der Waals surface area contributed by atoms with Crippen molar-refractivity contribution in [3.05, 3.63) is 101 Å². The van der Waals surface area contributed by atoms with E-state index in [0.29, 0.717) is 97.0 Å².